The van der Waals surface area contributed by atoms with E-state index in [2.05, 4.69) is 10.6 Å². The normalized spacial score (nSPS) is 15.8. The highest BCUT2D eigenvalue weighted by Gasteiger charge is 2.26. The molecule has 23 heavy (non-hydrogen) atoms. The molecule has 1 aliphatic heterocycles. The van der Waals surface area contributed by atoms with Crippen LogP contribution in [0.2, 0.25) is 0 Å². The molecule has 1 fully saturated rings. The van der Waals surface area contributed by atoms with Gasteiger partial charge < -0.3 is 5.32 Å². The largest absolute Gasteiger partial charge is 0.355 e. The second-order valence-corrected chi connectivity index (χ2v) is 6.48. The van der Waals surface area contributed by atoms with Gasteiger partial charge in [0.15, 0.2) is 0 Å². The molecule has 2 amide bonds. The molecule has 3 rings (SSSR count). The summed E-state index contributed by atoms with van der Waals surface area (Å²) in [6.07, 6.45) is 1.82. The van der Waals surface area contributed by atoms with Crippen LogP contribution in [0, 0.1) is 0 Å². The van der Waals surface area contributed by atoms with E-state index in [-0.39, 0.29) is 11.8 Å². The van der Waals surface area contributed by atoms with Crippen molar-refractivity contribution in [3.05, 3.63) is 52.5 Å². The molecule has 0 aliphatic carbocycles. The Kier molecular flexibility index (Phi) is 4.33. The monoisotopic (exact) mass is 344 g/mol. The van der Waals surface area contributed by atoms with E-state index >= 15 is 0 Å². The summed E-state index contributed by atoms with van der Waals surface area (Å²) in [5, 5.41) is 7.29. The summed E-state index contributed by atoms with van der Waals surface area (Å²) < 4.78 is 0. The molecular weight excluding hydrogens is 330 g/mol. The van der Waals surface area contributed by atoms with E-state index in [1.54, 1.807) is 35.8 Å². The van der Waals surface area contributed by atoms with E-state index in [0.29, 0.717) is 16.4 Å². The lowest BCUT2D eigenvalue weighted by Crippen LogP contribution is -2.83. The van der Waals surface area contributed by atoms with Crippen LogP contribution in [-0.2, 0) is 4.79 Å². The molecular formula is C16H14N3O2S2+. The molecule has 1 aromatic carbocycles. The molecule has 0 unspecified atom stereocenters. The first-order valence-electron chi connectivity index (χ1n) is 6.91. The molecule has 0 spiro atoms. The van der Waals surface area contributed by atoms with Gasteiger partial charge in [-0.05, 0) is 29.8 Å². The summed E-state index contributed by atoms with van der Waals surface area (Å²) in [7, 11) is 1.61. The van der Waals surface area contributed by atoms with Gasteiger partial charge in [-0.15, -0.1) is 11.3 Å². The van der Waals surface area contributed by atoms with Crippen molar-refractivity contribution in [2.45, 2.75) is 0 Å². The average molecular weight is 344 g/mol. The number of carbonyl (C=O) groups is 2. The highest BCUT2D eigenvalue weighted by atomic mass is 32.1. The van der Waals surface area contributed by atoms with E-state index in [4.69, 9.17) is 12.2 Å². The Morgan fingerprint density at radius 3 is 2.61 bits per heavy atom. The third-order valence-corrected chi connectivity index (χ3v) is 4.67. The van der Waals surface area contributed by atoms with E-state index in [0.717, 1.165) is 15.3 Å². The molecule has 4 N–H and O–H groups in total. The minimum Gasteiger partial charge on any atom is -0.355 e. The molecule has 2 heterocycles. The lowest BCUT2D eigenvalue weighted by molar-refractivity contribution is -0.466. The number of carbonyl (C=O) groups excluding carboxylic acids is 2. The zero-order chi connectivity index (χ0) is 16.4. The number of nitrogens with one attached hydrogen (secondary N) is 2. The number of quaternary nitrogens is 1. The highest BCUT2D eigenvalue weighted by molar-refractivity contribution is 7.79. The molecule has 7 heteroatoms. The minimum absolute atomic E-state index is 0.105. The molecule has 0 bridgehead atoms. The second-order valence-electron chi connectivity index (χ2n) is 4.92. The van der Waals surface area contributed by atoms with Gasteiger partial charge in [0.05, 0.1) is 0 Å². The van der Waals surface area contributed by atoms with E-state index in [1.807, 2.05) is 30.3 Å². The van der Waals surface area contributed by atoms with Gasteiger partial charge in [0, 0.05) is 40.7 Å². The molecule has 5 nitrogen and oxygen atoms in total. The summed E-state index contributed by atoms with van der Waals surface area (Å²) in [5.41, 5.74) is 2.22. The van der Waals surface area contributed by atoms with Crippen LogP contribution in [0.4, 0.5) is 0 Å². The highest BCUT2D eigenvalue weighted by Crippen LogP contribution is 2.29. The van der Waals surface area contributed by atoms with Crippen LogP contribution >= 0.6 is 23.6 Å². The zero-order valence-electron chi connectivity index (χ0n) is 12.3. The number of hydrogen-bond donors (Lipinski definition) is 3. The average Bonchev–Trinajstić information content (AvgIpc) is 3.14. The fourth-order valence-corrected chi connectivity index (χ4v) is 3.39. The van der Waals surface area contributed by atoms with Crippen LogP contribution in [0.5, 0.6) is 0 Å². The SMILES string of the molecule is CNC(=O)c1ccc(-c2ccc(/C=C3/[NH2+]C(=S)NC3=O)s2)cc1. The summed E-state index contributed by atoms with van der Waals surface area (Å²) in [6, 6.07) is 11.4. The topological polar surface area (TPSA) is 74.8 Å². The van der Waals surface area contributed by atoms with Gasteiger partial charge >= 0.3 is 5.91 Å². The van der Waals surface area contributed by atoms with Gasteiger partial charge in [-0.2, -0.15) is 0 Å². The number of thiocarbonyl (C=S) groups is 1. The minimum atomic E-state index is -0.167. The van der Waals surface area contributed by atoms with Crippen LogP contribution in [0.15, 0.2) is 42.1 Å². The van der Waals surface area contributed by atoms with Crippen molar-refractivity contribution in [2.24, 2.45) is 0 Å². The smallest absolute Gasteiger partial charge is 0.314 e. The lowest BCUT2D eigenvalue weighted by Gasteiger charge is -2.01. The molecule has 116 valence electrons. The van der Waals surface area contributed by atoms with Gasteiger partial charge in [0.2, 0.25) is 5.70 Å². The molecule has 0 radical (unpaired) electrons. The number of nitrogens with two attached hydrogens (primary N) is 1. The first-order chi connectivity index (χ1) is 11.1. The Balaban J connectivity index is 1.82. The number of hydrogen-bond acceptors (Lipinski definition) is 4. The predicted octanol–water partition coefficient (Wildman–Crippen LogP) is 1.09. The van der Waals surface area contributed by atoms with E-state index < -0.39 is 0 Å². The Hall–Kier alpha value is -2.35. The first kappa shape index (κ1) is 15.5. The summed E-state index contributed by atoms with van der Waals surface area (Å²) in [5.74, 6) is -0.271. The fourth-order valence-electron chi connectivity index (χ4n) is 2.20. The first-order valence-corrected chi connectivity index (χ1v) is 8.13. The van der Waals surface area contributed by atoms with Crippen LogP contribution < -0.4 is 16.0 Å². The number of benzene rings is 1. The van der Waals surface area contributed by atoms with Crippen molar-refractivity contribution in [3.63, 3.8) is 0 Å². The molecule has 2 aromatic rings. The van der Waals surface area contributed by atoms with Crippen LogP contribution in [0.1, 0.15) is 15.2 Å². The van der Waals surface area contributed by atoms with Crippen molar-refractivity contribution in [1.82, 2.24) is 10.6 Å². The molecule has 1 saturated heterocycles. The second kappa shape index (κ2) is 6.41. The van der Waals surface area contributed by atoms with Crippen molar-refractivity contribution in [3.8, 4) is 10.4 Å². The Bertz CT molecular complexity index is 822. The Morgan fingerprint density at radius 2 is 2.00 bits per heavy atom. The maximum absolute atomic E-state index is 11.7. The van der Waals surface area contributed by atoms with Crippen molar-refractivity contribution in [2.75, 3.05) is 7.05 Å². The van der Waals surface area contributed by atoms with Gasteiger partial charge in [-0.1, -0.05) is 12.1 Å². The fraction of sp³-hybridized carbons (Fsp3) is 0.0625. The van der Waals surface area contributed by atoms with Crippen molar-refractivity contribution >= 4 is 46.6 Å². The number of rotatable bonds is 3. The quantitative estimate of drug-likeness (QED) is 0.576. The predicted molar refractivity (Wildman–Crippen MR) is 93.8 cm³/mol. The summed E-state index contributed by atoms with van der Waals surface area (Å²) >= 11 is 6.53. The molecule has 0 saturated carbocycles. The number of thiophene rings is 1. The van der Waals surface area contributed by atoms with Crippen molar-refractivity contribution < 1.29 is 14.9 Å². The molecule has 1 aromatic heterocycles. The molecule has 0 atom stereocenters. The third kappa shape index (κ3) is 3.37. The van der Waals surface area contributed by atoms with Crippen molar-refractivity contribution in [1.29, 1.82) is 0 Å². The third-order valence-electron chi connectivity index (χ3n) is 3.37. The number of amides is 2. The van der Waals surface area contributed by atoms with Gasteiger partial charge in [0.1, 0.15) is 0 Å². The van der Waals surface area contributed by atoms with Gasteiger partial charge in [-0.3, -0.25) is 20.2 Å². The van der Waals surface area contributed by atoms with Crippen LogP contribution in [-0.4, -0.2) is 24.0 Å². The zero-order valence-corrected chi connectivity index (χ0v) is 13.9. The summed E-state index contributed by atoms with van der Waals surface area (Å²) in [6.45, 7) is 0. The summed E-state index contributed by atoms with van der Waals surface area (Å²) in [4.78, 5) is 25.3. The van der Waals surface area contributed by atoms with Gasteiger partial charge in [0.25, 0.3) is 11.0 Å². The van der Waals surface area contributed by atoms with E-state index in [9.17, 15) is 9.59 Å². The Labute approximate surface area is 142 Å². The maximum atomic E-state index is 11.7. The Morgan fingerprint density at radius 1 is 1.26 bits per heavy atom. The van der Waals surface area contributed by atoms with E-state index in [1.165, 1.54) is 0 Å². The lowest BCUT2D eigenvalue weighted by atomic mass is 10.1. The molecule has 1 aliphatic rings. The van der Waals surface area contributed by atoms with Gasteiger partial charge in [-0.25, -0.2) is 0 Å². The van der Waals surface area contributed by atoms with Crippen LogP contribution in [0.25, 0.3) is 16.5 Å². The van der Waals surface area contributed by atoms with Crippen LogP contribution in [0.3, 0.4) is 0 Å². The standard InChI is InChI=1S/C16H13N3O2S2/c1-17-14(20)10-4-2-9(3-5-10)13-7-6-11(23-13)8-12-15(21)19-16(22)18-12/h2-8H,1H3,(H,17,20)(H2,18,19,21,22)/p+1/b12-8+. The maximum Gasteiger partial charge on any atom is 0.314 e.